The third-order valence-corrected chi connectivity index (χ3v) is 4.17. The lowest BCUT2D eigenvalue weighted by molar-refractivity contribution is 0.281. The van der Waals surface area contributed by atoms with Gasteiger partial charge in [0.05, 0.1) is 19.3 Å². The van der Waals surface area contributed by atoms with Crippen molar-refractivity contribution in [3.05, 3.63) is 41.3 Å². The number of nitrogens with zero attached hydrogens (tertiary/aromatic N) is 3. The van der Waals surface area contributed by atoms with E-state index in [2.05, 4.69) is 15.5 Å². The van der Waals surface area contributed by atoms with Gasteiger partial charge in [-0.05, 0) is 44.5 Å². The van der Waals surface area contributed by atoms with Crippen LogP contribution >= 0.6 is 0 Å². The van der Waals surface area contributed by atoms with Crippen molar-refractivity contribution in [1.82, 2.24) is 15.4 Å². The molecular weight excluding hydrogens is 332 g/mol. The number of aromatic nitrogens is 1. The summed E-state index contributed by atoms with van der Waals surface area (Å²) in [7, 11) is 5.41. The highest BCUT2D eigenvalue weighted by atomic mass is 16.5. The Labute approximate surface area is 155 Å². The maximum atomic E-state index is 5.76. The number of hydrogen-bond acceptors (Lipinski definition) is 5. The zero-order valence-corrected chi connectivity index (χ0v) is 16.2. The summed E-state index contributed by atoms with van der Waals surface area (Å²) in [6.45, 7) is 5.94. The number of aryl methyl sites for hydroxylation is 2. The number of aliphatic imine (C=N–C) groups is 1. The van der Waals surface area contributed by atoms with Crippen LogP contribution in [0.3, 0.4) is 0 Å². The molecule has 0 saturated heterocycles. The highest BCUT2D eigenvalue weighted by Gasteiger charge is 2.10. The Hall–Kier alpha value is -2.70. The molecule has 1 heterocycles. The molecule has 0 saturated carbocycles. The van der Waals surface area contributed by atoms with Gasteiger partial charge in [0.2, 0.25) is 0 Å². The molecule has 2 rings (SSSR count). The van der Waals surface area contributed by atoms with E-state index in [0.717, 1.165) is 54.0 Å². The van der Waals surface area contributed by atoms with Gasteiger partial charge < -0.3 is 24.2 Å². The molecule has 1 N–H and O–H groups in total. The van der Waals surface area contributed by atoms with Gasteiger partial charge in [0.1, 0.15) is 23.9 Å². The van der Waals surface area contributed by atoms with Crippen LogP contribution in [0.2, 0.25) is 0 Å². The molecule has 7 heteroatoms. The van der Waals surface area contributed by atoms with Crippen LogP contribution in [0.25, 0.3) is 0 Å². The first kappa shape index (κ1) is 19.6. The van der Waals surface area contributed by atoms with Gasteiger partial charge in [-0.2, -0.15) is 0 Å². The Bertz CT molecular complexity index is 691. The molecule has 0 amide bonds. The quantitative estimate of drug-likeness (QED) is 0.576. The number of rotatable bonds is 8. The molecule has 2 aromatic rings. The lowest BCUT2D eigenvalue weighted by atomic mass is 10.1. The number of ether oxygens (including phenoxy) is 2. The minimum Gasteiger partial charge on any atom is -0.497 e. The summed E-state index contributed by atoms with van der Waals surface area (Å²) in [4.78, 5) is 6.36. The van der Waals surface area contributed by atoms with Gasteiger partial charge in [-0.25, -0.2) is 0 Å². The predicted molar refractivity (Wildman–Crippen MR) is 102 cm³/mol. The topological polar surface area (TPSA) is 72.1 Å². The highest BCUT2D eigenvalue weighted by Crippen LogP contribution is 2.16. The maximum Gasteiger partial charge on any atom is 0.193 e. The molecule has 0 unspecified atom stereocenters. The number of guanidine groups is 1. The van der Waals surface area contributed by atoms with Crippen molar-refractivity contribution in [3.8, 4) is 11.5 Å². The standard InChI is InChI=1S/C19H28N4O3/c1-14-18(15(2)26-22-14)10-11-21-19(20-3)23(4)12-13-25-17-8-6-16(24-5)7-9-17/h6-9H,10-13H2,1-5H3,(H,20,21). The summed E-state index contributed by atoms with van der Waals surface area (Å²) in [5, 5.41) is 7.34. The average Bonchev–Trinajstić information content (AvgIpc) is 2.97. The molecule has 0 spiro atoms. The van der Waals surface area contributed by atoms with E-state index in [1.54, 1.807) is 14.2 Å². The van der Waals surface area contributed by atoms with Gasteiger partial charge in [-0.15, -0.1) is 0 Å². The molecule has 7 nitrogen and oxygen atoms in total. The zero-order valence-electron chi connectivity index (χ0n) is 16.2. The maximum absolute atomic E-state index is 5.76. The second-order valence-corrected chi connectivity index (χ2v) is 5.97. The molecule has 26 heavy (non-hydrogen) atoms. The molecule has 142 valence electrons. The summed E-state index contributed by atoms with van der Waals surface area (Å²) in [5.74, 6) is 3.34. The van der Waals surface area contributed by atoms with Crippen LogP contribution in [0.15, 0.2) is 33.8 Å². The molecule has 0 aliphatic carbocycles. The molecule has 0 radical (unpaired) electrons. The number of hydrogen-bond donors (Lipinski definition) is 1. The fourth-order valence-electron chi connectivity index (χ4n) is 2.62. The van der Waals surface area contributed by atoms with Gasteiger partial charge in [0.25, 0.3) is 0 Å². The van der Waals surface area contributed by atoms with Crippen molar-refractivity contribution < 1.29 is 14.0 Å². The van der Waals surface area contributed by atoms with Crippen molar-refractivity contribution in [2.75, 3.05) is 40.9 Å². The van der Waals surface area contributed by atoms with Crippen LogP contribution in [0.5, 0.6) is 11.5 Å². The van der Waals surface area contributed by atoms with Crippen molar-refractivity contribution in [3.63, 3.8) is 0 Å². The van der Waals surface area contributed by atoms with E-state index < -0.39 is 0 Å². The SMILES string of the molecule is CN=C(NCCc1c(C)noc1C)N(C)CCOc1ccc(OC)cc1. The number of benzene rings is 1. The molecule has 1 aromatic heterocycles. The lowest BCUT2D eigenvalue weighted by Crippen LogP contribution is -2.41. The minimum atomic E-state index is 0.563. The normalized spacial score (nSPS) is 11.3. The van der Waals surface area contributed by atoms with Crippen LogP contribution in [0.1, 0.15) is 17.0 Å². The van der Waals surface area contributed by atoms with Gasteiger partial charge in [0, 0.05) is 26.2 Å². The fraction of sp³-hybridized carbons (Fsp3) is 0.474. The van der Waals surface area contributed by atoms with E-state index in [1.807, 2.05) is 50.1 Å². The summed E-state index contributed by atoms with van der Waals surface area (Å²) in [6.07, 6.45) is 0.844. The van der Waals surface area contributed by atoms with Crippen molar-refractivity contribution in [1.29, 1.82) is 0 Å². The smallest absolute Gasteiger partial charge is 0.193 e. The number of likely N-dealkylation sites (N-methyl/N-ethyl adjacent to an activating group) is 1. The van der Waals surface area contributed by atoms with Crippen LogP contribution in [0, 0.1) is 13.8 Å². The summed E-state index contributed by atoms with van der Waals surface area (Å²) in [5.41, 5.74) is 2.10. The summed E-state index contributed by atoms with van der Waals surface area (Å²) < 4.78 is 16.1. The van der Waals surface area contributed by atoms with Crippen LogP contribution < -0.4 is 14.8 Å². The average molecular weight is 360 g/mol. The van der Waals surface area contributed by atoms with Gasteiger partial charge in [0.15, 0.2) is 5.96 Å². The number of nitrogens with one attached hydrogen (secondary N) is 1. The van der Waals surface area contributed by atoms with E-state index in [1.165, 1.54) is 0 Å². The minimum absolute atomic E-state index is 0.563. The Morgan fingerprint density at radius 2 is 1.92 bits per heavy atom. The van der Waals surface area contributed by atoms with Crippen LogP contribution in [-0.2, 0) is 6.42 Å². The van der Waals surface area contributed by atoms with Crippen molar-refractivity contribution in [2.24, 2.45) is 4.99 Å². The zero-order chi connectivity index (χ0) is 18.9. The van der Waals surface area contributed by atoms with E-state index >= 15 is 0 Å². The Kier molecular flexibility index (Phi) is 7.32. The summed E-state index contributed by atoms with van der Waals surface area (Å²) >= 11 is 0. The van der Waals surface area contributed by atoms with E-state index in [9.17, 15) is 0 Å². The summed E-state index contributed by atoms with van der Waals surface area (Å²) in [6, 6.07) is 7.56. The number of methoxy groups -OCH3 is 1. The first-order valence-corrected chi connectivity index (χ1v) is 8.65. The Balaban J connectivity index is 1.74. The molecule has 0 aliphatic rings. The lowest BCUT2D eigenvalue weighted by Gasteiger charge is -2.22. The van der Waals surface area contributed by atoms with Crippen LogP contribution in [0.4, 0.5) is 0 Å². The fourth-order valence-corrected chi connectivity index (χ4v) is 2.62. The first-order chi connectivity index (χ1) is 12.5. The monoisotopic (exact) mass is 360 g/mol. The third kappa shape index (κ3) is 5.40. The van der Waals surface area contributed by atoms with E-state index in [-0.39, 0.29) is 0 Å². The largest absolute Gasteiger partial charge is 0.497 e. The second kappa shape index (κ2) is 9.70. The van der Waals surface area contributed by atoms with Gasteiger partial charge in [-0.3, -0.25) is 4.99 Å². The van der Waals surface area contributed by atoms with Gasteiger partial charge >= 0.3 is 0 Å². The Morgan fingerprint density at radius 1 is 1.23 bits per heavy atom. The second-order valence-electron chi connectivity index (χ2n) is 5.97. The molecule has 0 fully saturated rings. The predicted octanol–water partition coefficient (Wildman–Crippen LogP) is 2.43. The highest BCUT2D eigenvalue weighted by molar-refractivity contribution is 5.79. The molecular formula is C19H28N4O3. The third-order valence-electron chi connectivity index (χ3n) is 4.17. The van der Waals surface area contributed by atoms with Crippen molar-refractivity contribution in [2.45, 2.75) is 20.3 Å². The van der Waals surface area contributed by atoms with E-state index in [4.69, 9.17) is 14.0 Å². The molecule has 0 atom stereocenters. The molecule has 0 bridgehead atoms. The van der Waals surface area contributed by atoms with Crippen molar-refractivity contribution >= 4 is 5.96 Å². The molecule has 1 aromatic carbocycles. The molecule has 0 aliphatic heterocycles. The van der Waals surface area contributed by atoms with Crippen LogP contribution in [-0.4, -0.2) is 56.9 Å². The first-order valence-electron chi connectivity index (χ1n) is 8.65. The Morgan fingerprint density at radius 3 is 2.50 bits per heavy atom. The van der Waals surface area contributed by atoms with E-state index in [0.29, 0.717) is 6.61 Å². The van der Waals surface area contributed by atoms with Gasteiger partial charge in [-0.1, -0.05) is 5.16 Å².